The van der Waals surface area contributed by atoms with Crippen LogP contribution in [0.15, 0.2) is 68.5 Å². The van der Waals surface area contributed by atoms with Gasteiger partial charge >= 0.3 is 0 Å². The number of hydrogen-bond acceptors (Lipinski definition) is 7. The van der Waals surface area contributed by atoms with Gasteiger partial charge < -0.3 is 9.73 Å². The zero-order chi connectivity index (χ0) is 20.2. The molecular weight excluding hydrogens is 408 g/mol. The molecule has 144 valence electrons. The van der Waals surface area contributed by atoms with E-state index in [9.17, 15) is 9.59 Å². The predicted molar refractivity (Wildman–Crippen MR) is 112 cm³/mol. The van der Waals surface area contributed by atoms with Crippen molar-refractivity contribution in [2.24, 2.45) is 0 Å². The summed E-state index contributed by atoms with van der Waals surface area (Å²) in [6.45, 7) is 0.219. The highest BCUT2D eigenvalue weighted by Crippen LogP contribution is 2.24. The minimum absolute atomic E-state index is 0.0473. The number of para-hydroxylation sites is 1. The summed E-state index contributed by atoms with van der Waals surface area (Å²) >= 11 is 2.45. The van der Waals surface area contributed by atoms with Gasteiger partial charge in [-0.1, -0.05) is 23.9 Å². The smallest absolute Gasteiger partial charge is 0.262 e. The first kappa shape index (κ1) is 19.0. The number of carbonyl (C=O) groups excluding carboxylic acids is 1. The number of nitriles is 1. The quantitative estimate of drug-likeness (QED) is 0.376. The number of thioether (sulfide) groups is 1. The number of aromatic nitrogens is 2. The number of hydrogen-bond donors (Lipinski definition) is 1. The Bertz CT molecular complexity index is 1270. The third-order valence-electron chi connectivity index (χ3n) is 4.09. The largest absolute Gasteiger partial charge is 0.467 e. The fourth-order valence-electron chi connectivity index (χ4n) is 2.74. The summed E-state index contributed by atoms with van der Waals surface area (Å²) in [6.07, 6.45) is 1.54. The van der Waals surface area contributed by atoms with Gasteiger partial charge in [-0.15, -0.1) is 11.3 Å². The van der Waals surface area contributed by atoms with Crippen LogP contribution < -0.4 is 10.9 Å². The molecule has 4 aromatic rings. The first-order valence-corrected chi connectivity index (χ1v) is 10.4. The maximum atomic E-state index is 13.0. The molecule has 0 aliphatic rings. The van der Waals surface area contributed by atoms with Gasteiger partial charge in [0.15, 0.2) is 5.16 Å². The summed E-state index contributed by atoms with van der Waals surface area (Å²) < 4.78 is 6.88. The topological polar surface area (TPSA) is 101 Å². The molecule has 4 rings (SSSR count). The molecule has 1 aromatic carbocycles. The molecule has 0 aliphatic heterocycles. The van der Waals surface area contributed by atoms with Crippen LogP contribution in [0, 0.1) is 11.3 Å². The minimum Gasteiger partial charge on any atom is -0.467 e. The van der Waals surface area contributed by atoms with Crippen LogP contribution in [-0.4, -0.2) is 21.2 Å². The summed E-state index contributed by atoms with van der Waals surface area (Å²) in [4.78, 5) is 29.9. The molecule has 0 aliphatic carbocycles. The van der Waals surface area contributed by atoms with Gasteiger partial charge in [-0.2, -0.15) is 5.26 Å². The van der Waals surface area contributed by atoms with Crippen LogP contribution >= 0.6 is 23.1 Å². The van der Waals surface area contributed by atoms with Gasteiger partial charge in [-0.05, 0) is 35.7 Å². The van der Waals surface area contributed by atoms with E-state index in [1.807, 2.05) is 12.1 Å². The Balaban J connectivity index is 1.61. The lowest BCUT2D eigenvalue weighted by molar-refractivity contribution is -0.113. The molecular formula is C20H14N4O3S2. The standard InChI is InChI=1S/C20H14N4O3S2/c21-10-13-7-9-28-18(13)23-17(25)12-29-20-22-16-6-2-1-5-15(16)19(26)24(20)11-14-4-3-8-27-14/h1-9H,11-12H2,(H,23,25). The number of furan rings is 1. The summed E-state index contributed by atoms with van der Waals surface area (Å²) in [5.41, 5.74) is 0.799. The number of benzene rings is 1. The van der Waals surface area contributed by atoms with Crippen LogP contribution in [0.25, 0.3) is 10.9 Å². The van der Waals surface area contributed by atoms with E-state index in [-0.39, 0.29) is 23.8 Å². The fraction of sp³-hybridized carbons (Fsp3) is 0.100. The molecule has 7 nitrogen and oxygen atoms in total. The number of amides is 1. The van der Waals surface area contributed by atoms with E-state index in [2.05, 4.69) is 10.3 Å². The van der Waals surface area contributed by atoms with E-state index in [1.54, 1.807) is 48.0 Å². The number of fused-ring (bicyclic) bond motifs is 1. The molecule has 0 bridgehead atoms. The molecule has 9 heteroatoms. The lowest BCUT2D eigenvalue weighted by Crippen LogP contribution is -2.24. The van der Waals surface area contributed by atoms with Gasteiger partial charge in [0.2, 0.25) is 5.91 Å². The Labute approximate surface area is 173 Å². The van der Waals surface area contributed by atoms with Gasteiger partial charge in [0.1, 0.15) is 16.8 Å². The van der Waals surface area contributed by atoms with Crippen molar-refractivity contribution in [2.45, 2.75) is 11.7 Å². The van der Waals surface area contributed by atoms with Crippen LogP contribution in [0.3, 0.4) is 0 Å². The maximum absolute atomic E-state index is 13.0. The Morgan fingerprint density at radius 2 is 2.14 bits per heavy atom. The maximum Gasteiger partial charge on any atom is 0.262 e. The average Bonchev–Trinajstić information content (AvgIpc) is 3.40. The molecule has 0 fully saturated rings. The van der Waals surface area contributed by atoms with Crippen LogP contribution in [-0.2, 0) is 11.3 Å². The molecule has 0 unspecified atom stereocenters. The van der Waals surface area contributed by atoms with Gasteiger partial charge in [0.25, 0.3) is 5.56 Å². The first-order chi connectivity index (χ1) is 14.2. The lowest BCUT2D eigenvalue weighted by atomic mass is 10.2. The SMILES string of the molecule is N#Cc1ccsc1NC(=O)CSc1nc2ccccc2c(=O)n1Cc1ccco1. The Morgan fingerprint density at radius 3 is 2.93 bits per heavy atom. The van der Waals surface area contributed by atoms with Crippen molar-refractivity contribution in [3.05, 3.63) is 75.8 Å². The number of carbonyl (C=O) groups is 1. The van der Waals surface area contributed by atoms with Crippen molar-refractivity contribution >= 4 is 44.9 Å². The van der Waals surface area contributed by atoms with Crippen molar-refractivity contribution in [3.63, 3.8) is 0 Å². The second-order valence-electron chi connectivity index (χ2n) is 5.99. The van der Waals surface area contributed by atoms with Crippen LogP contribution in [0.2, 0.25) is 0 Å². The molecule has 0 saturated carbocycles. The molecule has 1 N–H and O–H groups in total. The van der Waals surface area contributed by atoms with Crippen molar-refractivity contribution in [3.8, 4) is 6.07 Å². The van der Waals surface area contributed by atoms with Gasteiger partial charge in [0, 0.05) is 0 Å². The van der Waals surface area contributed by atoms with E-state index >= 15 is 0 Å². The Hall–Kier alpha value is -3.35. The van der Waals surface area contributed by atoms with Crippen molar-refractivity contribution in [2.75, 3.05) is 11.1 Å². The van der Waals surface area contributed by atoms with Crippen molar-refractivity contribution in [1.82, 2.24) is 9.55 Å². The highest BCUT2D eigenvalue weighted by Gasteiger charge is 2.15. The van der Waals surface area contributed by atoms with E-state index < -0.39 is 0 Å². The van der Waals surface area contributed by atoms with E-state index in [4.69, 9.17) is 9.68 Å². The van der Waals surface area contributed by atoms with E-state index in [0.717, 1.165) is 11.8 Å². The van der Waals surface area contributed by atoms with Crippen molar-refractivity contribution < 1.29 is 9.21 Å². The summed E-state index contributed by atoms with van der Waals surface area (Å²) in [5, 5.41) is 15.0. The third-order valence-corrected chi connectivity index (χ3v) is 5.90. The number of nitrogens with one attached hydrogen (secondary N) is 1. The third kappa shape index (κ3) is 4.08. The predicted octanol–water partition coefficient (Wildman–Crippen LogP) is 3.70. The van der Waals surface area contributed by atoms with Crippen LogP contribution in [0.5, 0.6) is 0 Å². The first-order valence-electron chi connectivity index (χ1n) is 8.58. The number of rotatable bonds is 6. The van der Waals surface area contributed by atoms with Gasteiger partial charge in [0.05, 0.1) is 35.0 Å². The molecule has 0 radical (unpaired) electrons. The second kappa shape index (κ2) is 8.34. The molecule has 29 heavy (non-hydrogen) atoms. The minimum atomic E-state index is -0.277. The highest BCUT2D eigenvalue weighted by molar-refractivity contribution is 7.99. The molecule has 0 atom stereocenters. The second-order valence-corrected chi connectivity index (χ2v) is 7.85. The summed E-state index contributed by atoms with van der Waals surface area (Å²) in [7, 11) is 0. The zero-order valence-corrected chi connectivity index (χ0v) is 16.6. The number of nitrogens with zero attached hydrogens (tertiary/aromatic N) is 3. The number of thiophene rings is 1. The molecule has 3 aromatic heterocycles. The van der Waals surface area contributed by atoms with Crippen LogP contribution in [0.4, 0.5) is 5.00 Å². The van der Waals surface area contributed by atoms with Gasteiger partial charge in [-0.3, -0.25) is 14.2 Å². The molecule has 0 saturated heterocycles. The van der Waals surface area contributed by atoms with Gasteiger partial charge in [-0.25, -0.2) is 4.98 Å². The Kier molecular flexibility index (Phi) is 5.46. The molecule has 0 spiro atoms. The summed E-state index contributed by atoms with van der Waals surface area (Å²) in [5.74, 6) is 0.389. The zero-order valence-electron chi connectivity index (χ0n) is 15.0. The van der Waals surface area contributed by atoms with E-state index in [0.29, 0.717) is 32.4 Å². The fourth-order valence-corrected chi connectivity index (χ4v) is 4.29. The van der Waals surface area contributed by atoms with Crippen LogP contribution in [0.1, 0.15) is 11.3 Å². The average molecular weight is 422 g/mol. The Morgan fingerprint density at radius 1 is 1.28 bits per heavy atom. The highest BCUT2D eigenvalue weighted by atomic mass is 32.2. The molecule has 3 heterocycles. The summed E-state index contributed by atoms with van der Waals surface area (Å²) in [6, 6.07) is 14.3. The monoisotopic (exact) mass is 422 g/mol. The normalized spacial score (nSPS) is 10.7. The molecule has 1 amide bonds. The lowest BCUT2D eigenvalue weighted by Gasteiger charge is -2.12. The van der Waals surface area contributed by atoms with Crippen molar-refractivity contribution in [1.29, 1.82) is 5.26 Å². The van der Waals surface area contributed by atoms with E-state index in [1.165, 1.54) is 15.9 Å². The number of anilines is 1.